The molecule has 1 aromatic heterocycles. The summed E-state index contributed by atoms with van der Waals surface area (Å²) in [5, 5.41) is 3.50. The number of piperazine rings is 1. The summed E-state index contributed by atoms with van der Waals surface area (Å²) in [4.78, 5) is 13.6. The topological polar surface area (TPSA) is 53.0 Å². The second kappa shape index (κ2) is 10.7. The Labute approximate surface area is 191 Å². The first-order valence-corrected chi connectivity index (χ1v) is 9.85. The van der Waals surface area contributed by atoms with Crippen LogP contribution in [0, 0.1) is 0 Å². The van der Waals surface area contributed by atoms with Crippen LogP contribution in [-0.2, 0) is 6.54 Å². The Bertz CT molecular complexity index is 783. The summed E-state index contributed by atoms with van der Waals surface area (Å²) in [7, 11) is 1.84. The maximum atomic E-state index is 6.10. The van der Waals surface area contributed by atoms with E-state index >= 15 is 0 Å². The van der Waals surface area contributed by atoms with Crippen molar-refractivity contribution in [1.82, 2.24) is 15.2 Å². The lowest BCUT2D eigenvalue weighted by molar-refractivity contribution is 0.129. The van der Waals surface area contributed by atoms with Crippen molar-refractivity contribution >= 4 is 35.8 Å². The lowest BCUT2D eigenvalue weighted by Crippen LogP contribution is -2.52. The van der Waals surface area contributed by atoms with E-state index in [9.17, 15) is 0 Å². The molecule has 1 fully saturated rings. The third kappa shape index (κ3) is 6.76. The van der Waals surface area contributed by atoms with Gasteiger partial charge in [-0.3, -0.25) is 4.99 Å². The highest BCUT2D eigenvalue weighted by atomic mass is 127. The zero-order valence-electron chi connectivity index (χ0n) is 17.8. The molecule has 1 aliphatic rings. The van der Waals surface area contributed by atoms with Crippen LogP contribution in [0.4, 0.5) is 5.82 Å². The van der Waals surface area contributed by atoms with Crippen molar-refractivity contribution in [3.63, 3.8) is 0 Å². The fourth-order valence-electron chi connectivity index (χ4n) is 3.27. The number of benzene rings is 1. The van der Waals surface area contributed by atoms with Crippen molar-refractivity contribution in [3.8, 4) is 5.75 Å². The monoisotopic (exact) mass is 509 g/mol. The molecule has 0 spiro atoms. The summed E-state index contributed by atoms with van der Waals surface area (Å²) in [5.74, 6) is 2.88. The second-order valence-electron chi connectivity index (χ2n) is 7.88. The van der Waals surface area contributed by atoms with Gasteiger partial charge in [0.15, 0.2) is 5.96 Å². The predicted octanol–water partition coefficient (Wildman–Crippen LogP) is 3.77. The van der Waals surface area contributed by atoms with Crippen LogP contribution in [0.3, 0.4) is 0 Å². The van der Waals surface area contributed by atoms with Gasteiger partial charge < -0.3 is 19.9 Å². The van der Waals surface area contributed by atoms with Crippen molar-refractivity contribution in [2.45, 2.75) is 32.9 Å². The lowest BCUT2D eigenvalue weighted by Gasteiger charge is -2.37. The summed E-state index contributed by atoms with van der Waals surface area (Å²) in [6.45, 7) is 10.6. The molecule has 158 valence electrons. The molecule has 0 unspecified atom stereocenters. The summed E-state index contributed by atoms with van der Waals surface area (Å²) in [6.07, 6.45) is 1.85. The number of nitrogens with one attached hydrogen (secondary N) is 1. The number of anilines is 1. The number of guanidine groups is 1. The van der Waals surface area contributed by atoms with Crippen LogP contribution < -0.4 is 15.0 Å². The summed E-state index contributed by atoms with van der Waals surface area (Å²) in [5.41, 5.74) is 0.908. The number of hydrogen-bond donors (Lipinski definition) is 1. The van der Waals surface area contributed by atoms with Crippen molar-refractivity contribution < 1.29 is 4.74 Å². The third-order valence-electron chi connectivity index (χ3n) is 4.59. The first kappa shape index (κ1) is 23.3. The van der Waals surface area contributed by atoms with Crippen LogP contribution in [0.15, 0.2) is 53.7 Å². The first-order chi connectivity index (χ1) is 13.5. The number of aliphatic imine (C=N–C) groups is 1. The molecule has 29 heavy (non-hydrogen) atoms. The fourth-order valence-corrected chi connectivity index (χ4v) is 3.27. The van der Waals surface area contributed by atoms with Crippen molar-refractivity contribution in [2.75, 3.05) is 38.1 Å². The van der Waals surface area contributed by atoms with Gasteiger partial charge in [-0.1, -0.05) is 24.3 Å². The molecule has 7 heteroatoms. The molecule has 0 saturated carbocycles. The minimum absolute atomic E-state index is 0. The van der Waals surface area contributed by atoms with Crippen LogP contribution in [0.2, 0.25) is 0 Å². The van der Waals surface area contributed by atoms with Crippen LogP contribution in [0.5, 0.6) is 5.75 Å². The number of para-hydroxylation sites is 1. The highest BCUT2D eigenvalue weighted by Crippen LogP contribution is 2.23. The maximum absolute atomic E-state index is 6.10. The molecule has 0 amide bonds. The van der Waals surface area contributed by atoms with Crippen LogP contribution in [0.1, 0.15) is 26.3 Å². The number of ether oxygens (including phenoxy) is 1. The van der Waals surface area contributed by atoms with E-state index in [1.807, 2.05) is 43.6 Å². The Morgan fingerprint density at radius 3 is 2.38 bits per heavy atom. The number of hydrogen-bond acceptors (Lipinski definition) is 4. The molecule has 0 radical (unpaired) electrons. The quantitative estimate of drug-likeness (QED) is 0.387. The van der Waals surface area contributed by atoms with E-state index in [1.165, 1.54) is 0 Å². The third-order valence-corrected chi connectivity index (χ3v) is 4.59. The van der Waals surface area contributed by atoms with E-state index in [0.717, 1.165) is 49.3 Å². The van der Waals surface area contributed by atoms with Gasteiger partial charge in [0, 0.05) is 51.5 Å². The van der Waals surface area contributed by atoms with Gasteiger partial charge in [0.05, 0.1) is 0 Å². The van der Waals surface area contributed by atoms with E-state index < -0.39 is 0 Å². The van der Waals surface area contributed by atoms with Gasteiger partial charge >= 0.3 is 0 Å². The summed E-state index contributed by atoms with van der Waals surface area (Å²) < 4.78 is 6.10. The maximum Gasteiger partial charge on any atom is 0.194 e. The molecule has 2 heterocycles. The molecule has 6 nitrogen and oxygen atoms in total. The molecule has 2 aromatic rings. The van der Waals surface area contributed by atoms with Crippen molar-refractivity contribution in [1.29, 1.82) is 0 Å². The molecule has 0 atom stereocenters. The molecule has 1 aromatic carbocycles. The number of rotatable bonds is 4. The van der Waals surface area contributed by atoms with Crippen molar-refractivity contribution in [3.05, 3.63) is 54.2 Å². The van der Waals surface area contributed by atoms with Crippen LogP contribution >= 0.6 is 24.0 Å². The van der Waals surface area contributed by atoms with E-state index in [4.69, 9.17) is 4.74 Å². The predicted molar refractivity (Wildman–Crippen MR) is 130 cm³/mol. The zero-order valence-corrected chi connectivity index (χ0v) is 20.1. The van der Waals surface area contributed by atoms with Crippen LogP contribution in [-0.4, -0.2) is 54.7 Å². The molecule has 0 aliphatic carbocycles. The van der Waals surface area contributed by atoms with Gasteiger partial charge in [0.1, 0.15) is 17.2 Å². The van der Waals surface area contributed by atoms with Crippen LogP contribution in [0.25, 0.3) is 0 Å². The smallest absolute Gasteiger partial charge is 0.194 e. The Kier molecular flexibility index (Phi) is 8.55. The molecule has 0 bridgehead atoms. The zero-order chi connectivity index (χ0) is 20.0. The van der Waals surface area contributed by atoms with Gasteiger partial charge in [-0.2, -0.15) is 0 Å². The van der Waals surface area contributed by atoms with Gasteiger partial charge in [-0.25, -0.2) is 4.98 Å². The molecular weight excluding hydrogens is 477 g/mol. The highest BCUT2D eigenvalue weighted by molar-refractivity contribution is 14.0. The van der Waals surface area contributed by atoms with E-state index in [2.05, 4.69) is 58.0 Å². The minimum atomic E-state index is -0.223. The molecule has 3 rings (SSSR count). The molecule has 1 aliphatic heterocycles. The van der Waals surface area contributed by atoms with Gasteiger partial charge in [0.2, 0.25) is 0 Å². The fraction of sp³-hybridized carbons (Fsp3) is 0.455. The Balaban J connectivity index is 0.00000300. The molecular formula is C22H32IN5O. The first-order valence-electron chi connectivity index (χ1n) is 9.85. The SMILES string of the molecule is CN=C(NCc1ccccc1OC(C)(C)C)N1CCN(c2ccccn2)CC1.I. The normalized spacial score (nSPS) is 15.0. The Morgan fingerprint density at radius 1 is 1.07 bits per heavy atom. The highest BCUT2D eigenvalue weighted by Gasteiger charge is 2.21. The van der Waals surface area contributed by atoms with Gasteiger partial charge in [-0.15, -0.1) is 24.0 Å². The lowest BCUT2D eigenvalue weighted by atomic mass is 10.1. The Morgan fingerprint density at radius 2 is 1.76 bits per heavy atom. The Hall–Kier alpha value is -2.03. The number of aromatic nitrogens is 1. The largest absolute Gasteiger partial charge is 0.488 e. The molecule has 1 N–H and O–H groups in total. The average Bonchev–Trinajstić information content (AvgIpc) is 2.70. The summed E-state index contributed by atoms with van der Waals surface area (Å²) >= 11 is 0. The van der Waals surface area contributed by atoms with E-state index in [1.54, 1.807) is 0 Å². The van der Waals surface area contributed by atoms with E-state index in [0.29, 0.717) is 6.54 Å². The number of nitrogens with zero attached hydrogens (tertiary/aromatic N) is 4. The van der Waals surface area contributed by atoms with Gasteiger partial charge in [-0.05, 0) is 39.0 Å². The number of pyridine rings is 1. The molecule has 1 saturated heterocycles. The summed E-state index contributed by atoms with van der Waals surface area (Å²) in [6, 6.07) is 14.2. The number of halogens is 1. The van der Waals surface area contributed by atoms with E-state index in [-0.39, 0.29) is 29.6 Å². The van der Waals surface area contributed by atoms with Crippen molar-refractivity contribution in [2.24, 2.45) is 4.99 Å². The minimum Gasteiger partial charge on any atom is -0.488 e. The standard InChI is InChI=1S/C22H31N5O.HI/c1-22(2,3)28-19-10-6-5-9-18(19)17-25-21(23-4)27-15-13-26(14-16-27)20-11-7-8-12-24-20;/h5-12H,13-17H2,1-4H3,(H,23,25);1H. The average molecular weight is 509 g/mol. The second-order valence-corrected chi connectivity index (χ2v) is 7.88. The van der Waals surface area contributed by atoms with Gasteiger partial charge in [0.25, 0.3) is 0 Å².